The molecule has 0 amide bonds. The van der Waals surface area contributed by atoms with Crippen molar-refractivity contribution in [3.63, 3.8) is 0 Å². The van der Waals surface area contributed by atoms with Crippen molar-refractivity contribution < 1.29 is 9.53 Å². The fourth-order valence-electron chi connectivity index (χ4n) is 0.476. The maximum absolute atomic E-state index is 10.9. The molecule has 10 heavy (non-hydrogen) atoms. The Morgan fingerprint density at radius 2 is 2.30 bits per heavy atom. The molecule has 0 aliphatic heterocycles. The molecule has 0 rings (SSSR count). The Kier molecular flexibility index (Phi) is 5.16. The molecule has 1 unspecified atom stereocenters. The van der Waals surface area contributed by atoms with Gasteiger partial charge in [-0.3, -0.25) is 4.79 Å². The van der Waals surface area contributed by atoms with Crippen LogP contribution in [0.2, 0.25) is 0 Å². The number of ketones is 1. The first-order chi connectivity index (χ1) is 4.72. The van der Waals surface area contributed by atoms with Crippen LogP contribution >= 0.6 is 0 Å². The molecule has 0 radical (unpaired) electrons. The van der Waals surface area contributed by atoms with Crippen molar-refractivity contribution in [2.24, 2.45) is 11.7 Å². The summed E-state index contributed by atoms with van der Waals surface area (Å²) < 4.78 is 4.91. The van der Waals surface area contributed by atoms with Gasteiger partial charge in [-0.1, -0.05) is 6.92 Å². The van der Waals surface area contributed by atoms with Crippen molar-refractivity contribution in [1.82, 2.24) is 0 Å². The highest BCUT2D eigenvalue weighted by molar-refractivity contribution is 5.82. The fourth-order valence-corrected chi connectivity index (χ4v) is 0.476. The summed E-state index contributed by atoms with van der Waals surface area (Å²) in [5, 5.41) is 0. The zero-order chi connectivity index (χ0) is 7.98. The Balaban J connectivity index is 3.42. The topological polar surface area (TPSA) is 52.3 Å². The zero-order valence-electron chi connectivity index (χ0n) is 6.59. The Morgan fingerprint density at radius 3 is 2.70 bits per heavy atom. The lowest BCUT2D eigenvalue weighted by Gasteiger charge is -2.05. The molecule has 2 N–H and O–H groups in total. The van der Waals surface area contributed by atoms with Crippen LogP contribution in [0.25, 0.3) is 0 Å². The highest BCUT2D eigenvalue weighted by Gasteiger charge is 2.09. The van der Waals surface area contributed by atoms with Gasteiger partial charge in [-0.15, -0.1) is 0 Å². The van der Waals surface area contributed by atoms with E-state index < -0.39 is 0 Å². The van der Waals surface area contributed by atoms with Gasteiger partial charge in [0, 0.05) is 19.1 Å². The molecular formula is C7H15NO2. The normalized spacial score (nSPS) is 13.1. The molecule has 0 spiro atoms. The van der Waals surface area contributed by atoms with Crippen molar-refractivity contribution >= 4 is 5.78 Å². The average Bonchev–Trinajstić information content (AvgIpc) is 1.98. The largest absolute Gasteiger partial charge is 0.374 e. The van der Waals surface area contributed by atoms with Crippen LogP contribution in [0.5, 0.6) is 0 Å². The number of hydrogen-bond acceptors (Lipinski definition) is 3. The highest BCUT2D eigenvalue weighted by atomic mass is 16.5. The Labute approximate surface area is 61.5 Å². The molecule has 1 atom stereocenters. The molecule has 0 aromatic heterocycles. The first kappa shape index (κ1) is 9.59. The van der Waals surface area contributed by atoms with Crippen molar-refractivity contribution in [2.75, 3.05) is 19.8 Å². The minimum atomic E-state index is -0.0634. The van der Waals surface area contributed by atoms with Crippen molar-refractivity contribution in [3.05, 3.63) is 0 Å². The van der Waals surface area contributed by atoms with E-state index in [9.17, 15) is 4.79 Å². The van der Waals surface area contributed by atoms with Gasteiger partial charge >= 0.3 is 0 Å². The van der Waals surface area contributed by atoms with E-state index in [-0.39, 0.29) is 18.3 Å². The lowest BCUT2D eigenvalue weighted by atomic mass is 10.1. The number of ether oxygens (including phenoxy) is 1. The minimum Gasteiger partial charge on any atom is -0.374 e. The smallest absolute Gasteiger partial charge is 0.162 e. The Hall–Kier alpha value is -0.410. The number of carbonyl (C=O) groups is 1. The van der Waals surface area contributed by atoms with Gasteiger partial charge in [0.05, 0.1) is 0 Å². The van der Waals surface area contributed by atoms with Crippen molar-refractivity contribution in [1.29, 1.82) is 0 Å². The lowest BCUT2D eigenvalue weighted by Crippen LogP contribution is -2.24. The molecule has 0 fully saturated rings. The van der Waals surface area contributed by atoms with E-state index in [4.69, 9.17) is 10.5 Å². The summed E-state index contributed by atoms with van der Waals surface area (Å²) in [6.45, 7) is 4.87. The van der Waals surface area contributed by atoms with E-state index in [0.717, 1.165) is 0 Å². The van der Waals surface area contributed by atoms with E-state index in [1.54, 1.807) is 6.92 Å². The van der Waals surface area contributed by atoms with Crippen molar-refractivity contribution in [2.45, 2.75) is 13.8 Å². The number of hydrogen-bond donors (Lipinski definition) is 1. The molecule has 3 heteroatoms. The summed E-state index contributed by atoms with van der Waals surface area (Å²) in [6.07, 6.45) is 0. The van der Waals surface area contributed by atoms with E-state index in [2.05, 4.69) is 0 Å². The summed E-state index contributed by atoms with van der Waals surface area (Å²) in [6, 6.07) is 0. The Bertz CT molecular complexity index is 104. The monoisotopic (exact) mass is 145 g/mol. The molecule has 0 saturated heterocycles. The average molecular weight is 145 g/mol. The van der Waals surface area contributed by atoms with Crippen LogP contribution < -0.4 is 5.73 Å². The number of rotatable bonds is 5. The van der Waals surface area contributed by atoms with Crippen LogP contribution in [0.3, 0.4) is 0 Å². The third kappa shape index (κ3) is 3.58. The summed E-state index contributed by atoms with van der Waals surface area (Å²) in [5.41, 5.74) is 5.27. The van der Waals surface area contributed by atoms with Gasteiger partial charge in [0.2, 0.25) is 0 Å². The van der Waals surface area contributed by atoms with Crippen LogP contribution in [-0.2, 0) is 9.53 Å². The van der Waals surface area contributed by atoms with Gasteiger partial charge in [0.1, 0.15) is 6.61 Å². The molecular weight excluding hydrogens is 130 g/mol. The third-order valence-corrected chi connectivity index (χ3v) is 1.35. The van der Waals surface area contributed by atoms with E-state index in [0.29, 0.717) is 13.2 Å². The number of Topliss-reactive ketones (excluding diaryl/α,β-unsaturated/α-hetero) is 1. The van der Waals surface area contributed by atoms with Crippen LogP contribution in [0.1, 0.15) is 13.8 Å². The second-order valence-corrected chi connectivity index (χ2v) is 2.24. The first-order valence-corrected chi connectivity index (χ1v) is 3.52. The maximum Gasteiger partial charge on any atom is 0.162 e. The second kappa shape index (κ2) is 5.38. The summed E-state index contributed by atoms with van der Waals surface area (Å²) in [7, 11) is 0. The fraction of sp³-hybridized carbons (Fsp3) is 0.857. The van der Waals surface area contributed by atoms with E-state index >= 15 is 0 Å². The van der Waals surface area contributed by atoms with Crippen LogP contribution in [0.4, 0.5) is 0 Å². The van der Waals surface area contributed by atoms with Gasteiger partial charge in [-0.2, -0.15) is 0 Å². The quantitative estimate of drug-likeness (QED) is 0.600. The van der Waals surface area contributed by atoms with Crippen LogP contribution in [0.15, 0.2) is 0 Å². The SMILES string of the molecule is CCOCC(=O)C(C)CN. The maximum atomic E-state index is 10.9. The number of nitrogens with two attached hydrogens (primary N) is 1. The molecule has 60 valence electrons. The predicted molar refractivity (Wildman–Crippen MR) is 39.7 cm³/mol. The third-order valence-electron chi connectivity index (χ3n) is 1.35. The van der Waals surface area contributed by atoms with Crippen LogP contribution in [-0.4, -0.2) is 25.5 Å². The zero-order valence-corrected chi connectivity index (χ0v) is 6.59. The molecule has 0 aliphatic carbocycles. The second-order valence-electron chi connectivity index (χ2n) is 2.24. The van der Waals surface area contributed by atoms with Gasteiger partial charge in [-0.25, -0.2) is 0 Å². The van der Waals surface area contributed by atoms with E-state index in [1.165, 1.54) is 0 Å². The Morgan fingerprint density at radius 1 is 1.70 bits per heavy atom. The molecule has 0 heterocycles. The van der Waals surface area contributed by atoms with Gasteiger partial charge in [0.25, 0.3) is 0 Å². The molecule has 0 aliphatic rings. The molecule has 3 nitrogen and oxygen atoms in total. The molecule has 0 bridgehead atoms. The lowest BCUT2D eigenvalue weighted by molar-refractivity contribution is -0.126. The molecule has 0 aromatic rings. The summed E-state index contributed by atoms with van der Waals surface area (Å²) >= 11 is 0. The summed E-state index contributed by atoms with van der Waals surface area (Å²) in [4.78, 5) is 10.9. The number of carbonyl (C=O) groups excluding carboxylic acids is 1. The first-order valence-electron chi connectivity index (χ1n) is 3.52. The molecule has 0 saturated carbocycles. The minimum absolute atomic E-state index is 0.0634. The predicted octanol–water partition coefficient (Wildman–Crippen LogP) is 0.187. The van der Waals surface area contributed by atoms with Gasteiger partial charge < -0.3 is 10.5 Å². The molecule has 0 aromatic carbocycles. The van der Waals surface area contributed by atoms with Crippen molar-refractivity contribution in [3.8, 4) is 0 Å². The summed E-state index contributed by atoms with van der Waals surface area (Å²) in [5.74, 6) is 0.0240. The highest BCUT2D eigenvalue weighted by Crippen LogP contribution is 1.93. The van der Waals surface area contributed by atoms with Crippen LogP contribution in [0, 0.1) is 5.92 Å². The van der Waals surface area contributed by atoms with E-state index in [1.807, 2.05) is 6.92 Å². The standard InChI is InChI=1S/C7H15NO2/c1-3-10-5-7(9)6(2)4-8/h6H,3-5,8H2,1-2H3. The van der Waals surface area contributed by atoms with Gasteiger partial charge in [-0.05, 0) is 6.92 Å². The van der Waals surface area contributed by atoms with Gasteiger partial charge in [0.15, 0.2) is 5.78 Å².